The van der Waals surface area contributed by atoms with Gasteiger partial charge in [-0.05, 0) is 25.0 Å². The molecule has 2 unspecified atom stereocenters. The number of ketones is 1. The van der Waals surface area contributed by atoms with Crippen LogP contribution in [0.2, 0.25) is 0 Å². The van der Waals surface area contributed by atoms with Crippen LogP contribution in [-0.2, 0) is 0 Å². The molecular weight excluding hydrogens is 314 g/mol. The number of Topliss-reactive ketones (excluding diaryl/α,β-unsaturated/α-hetero) is 1. The van der Waals surface area contributed by atoms with Crippen LogP contribution in [0.4, 0.5) is 17.6 Å². The molecule has 4 atom stereocenters. The maximum absolute atomic E-state index is 14.2. The van der Waals surface area contributed by atoms with E-state index in [1.165, 1.54) is 0 Å². The molecule has 1 aromatic heterocycles. The topological polar surface area (TPSA) is 47.8 Å². The molecule has 1 aliphatic heterocycles. The molecule has 2 heterocycles. The Hall–Kier alpha value is -1.99. The third kappa shape index (κ3) is 2.22. The largest absolute Gasteiger partial charge is 0.290 e. The first-order valence-electron chi connectivity index (χ1n) is 7.49. The number of halogens is 4. The van der Waals surface area contributed by atoms with E-state index < -0.39 is 36.0 Å². The van der Waals surface area contributed by atoms with Crippen LogP contribution in [-0.4, -0.2) is 26.7 Å². The van der Waals surface area contributed by atoms with Crippen molar-refractivity contribution in [3.05, 3.63) is 35.5 Å². The molecule has 0 aromatic carbocycles. The summed E-state index contributed by atoms with van der Waals surface area (Å²) in [5.74, 6) is -4.58. The van der Waals surface area contributed by atoms with Crippen molar-refractivity contribution >= 4 is 5.78 Å². The molecule has 0 amide bonds. The Morgan fingerprint density at radius 3 is 2.70 bits per heavy atom. The molecule has 0 N–H and O–H groups in total. The first-order chi connectivity index (χ1) is 11.0. The van der Waals surface area contributed by atoms with Crippen LogP contribution in [0.5, 0.6) is 0 Å². The number of carbonyl (C=O) groups excluding carboxylic acids is 1. The van der Waals surface area contributed by atoms with Crippen molar-refractivity contribution in [1.82, 2.24) is 14.8 Å². The van der Waals surface area contributed by atoms with Crippen molar-refractivity contribution in [2.24, 2.45) is 11.8 Å². The highest BCUT2D eigenvalue weighted by Gasteiger charge is 2.46. The third-order valence-electron chi connectivity index (χ3n) is 4.57. The van der Waals surface area contributed by atoms with Gasteiger partial charge in [0.05, 0.1) is 12.0 Å². The van der Waals surface area contributed by atoms with E-state index in [0.29, 0.717) is 0 Å². The Morgan fingerprint density at radius 2 is 2.00 bits per heavy atom. The van der Waals surface area contributed by atoms with Crippen LogP contribution in [0.3, 0.4) is 0 Å². The van der Waals surface area contributed by atoms with E-state index >= 15 is 0 Å². The van der Waals surface area contributed by atoms with Crippen LogP contribution < -0.4 is 0 Å². The van der Waals surface area contributed by atoms with Crippen molar-refractivity contribution in [1.29, 1.82) is 0 Å². The van der Waals surface area contributed by atoms with Crippen molar-refractivity contribution in [2.45, 2.75) is 37.6 Å². The molecule has 8 heteroatoms. The Kier molecular flexibility index (Phi) is 3.18. The van der Waals surface area contributed by atoms with Gasteiger partial charge in [0, 0.05) is 12.3 Å². The Morgan fingerprint density at radius 1 is 1.26 bits per heavy atom. The molecule has 4 nitrogen and oxygen atoms in total. The lowest BCUT2D eigenvalue weighted by atomic mass is 9.88. The average Bonchev–Trinajstić information content (AvgIpc) is 3.20. The summed E-state index contributed by atoms with van der Waals surface area (Å²) in [4.78, 5) is 15.9. The van der Waals surface area contributed by atoms with E-state index in [1.807, 2.05) is 0 Å². The van der Waals surface area contributed by atoms with Crippen molar-refractivity contribution < 1.29 is 22.4 Å². The molecule has 0 radical (unpaired) electrons. The van der Waals surface area contributed by atoms with Crippen molar-refractivity contribution in [2.75, 3.05) is 0 Å². The SMILES string of the molecule is O=C(c1nc2n(n1)[C@H](C1C(F)=C(F)C=CC1F)C[C@@H]2F)C1CC1. The number of hydrogen-bond donors (Lipinski definition) is 0. The minimum Gasteiger partial charge on any atom is -0.290 e. The summed E-state index contributed by atoms with van der Waals surface area (Å²) in [6.45, 7) is 0. The second-order valence-electron chi connectivity index (χ2n) is 6.17. The van der Waals surface area contributed by atoms with Crippen LogP contribution in [0.1, 0.15) is 47.9 Å². The standard InChI is InChI=1S/C15H13F4N3O/c16-7-3-4-8(17)12(19)11(7)10-5-9(18)15-20-14(21-22(10)15)13(23)6-1-2-6/h3-4,6-7,9-11H,1-2,5H2/t7?,9-,10-,11?/m0/s1. The second kappa shape index (κ2) is 5.01. The maximum Gasteiger partial charge on any atom is 0.217 e. The van der Waals surface area contributed by atoms with Gasteiger partial charge >= 0.3 is 0 Å². The third-order valence-corrected chi connectivity index (χ3v) is 4.57. The van der Waals surface area contributed by atoms with Gasteiger partial charge in [-0.25, -0.2) is 27.2 Å². The Labute approximate surface area is 128 Å². The molecule has 122 valence electrons. The van der Waals surface area contributed by atoms with Gasteiger partial charge in [0.25, 0.3) is 0 Å². The quantitative estimate of drug-likeness (QED) is 0.630. The zero-order valence-corrected chi connectivity index (χ0v) is 11.9. The summed E-state index contributed by atoms with van der Waals surface area (Å²) in [6, 6.07) is -1.04. The normalized spacial score (nSPS) is 33.2. The Balaban J connectivity index is 1.70. The molecule has 0 spiro atoms. The number of nitrogens with zero attached hydrogens (tertiary/aromatic N) is 3. The highest BCUT2D eigenvalue weighted by molar-refractivity contribution is 5.95. The molecule has 0 saturated heterocycles. The fourth-order valence-electron chi connectivity index (χ4n) is 3.20. The lowest BCUT2D eigenvalue weighted by Crippen LogP contribution is -2.28. The number of fused-ring (bicyclic) bond motifs is 1. The predicted octanol–water partition coefficient (Wildman–Crippen LogP) is 3.50. The number of alkyl halides is 2. The first-order valence-corrected chi connectivity index (χ1v) is 7.49. The van der Waals surface area contributed by atoms with Crippen LogP contribution in [0.25, 0.3) is 0 Å². The van der Waals surface area contributed by atoms with E-state index in [1.54, 1.807) is 0 Å². The lowest BCUT2D eigenvalue weighted by molar-refractivity contribution is 0.0955. The van der Waals surface area contributed by atoms with Crippen molar-refractivity contribution in [3.63, 3.8) is 0 Å². The van der Waals surface area contributed by atoms with Crippen LogP contribution >= 0.6 is 0 Å². The van der Waals surface area contributed by atoms with Gasteiger partial charge in [-0.15, -0.1) is 5.10 Å². The average molecular weight is 327 g/mol. The number of hydrogen-bond acceptors (Lipinski definition) is 3. The van der Waals surface area contributed by atoms with Gasteiger partial charge in [0.2, 0.25) is 11.6 Å². The zero-order valence-electron chi connectivity index (χ0n) is 11.9. The van der Waals surface area contributed by atoms with E-state index in [0.717, 1.165) is 29.7 Å². The summed E-state index contributed by atoms with van der Waals surface area (Å²) in [6.07, 6.45) is -0.495. The molecular formula is C15H13F4N3O. The molecule has 3 aliphatic rings. The minimum absolute atomic E-state index is 0.117. The number of aromatic nitrogens is 3. The van der Waals surface area contributed by atoms with Crippen LogP contribution in [0.15, 0.2) is 23.8 Å². The number of allylic oxidation sites excluding steroid dienone is 4. The van der Waals surface area contributed by atoms with Gasteiger partial charge in [-0.2, -0.15) is 0 Å². The van der Waals surface area contributed by atoms with E-state index in [9.17, 15) is 22.4 Å². The lowest BCUT2D eigenvalue weighted by Gasteiger charge is -2.26. The molecule has 2 aliphatic carbocycles. The van der Waals surface area contributed by atoms with Gasteiger partial charge < -0.3 is 0 Å². The highest BCUT2D eigenvalue weighted by Crippen LogP contribution is 2.46. The fourth-order valence-corrected chi connectivity index (χ4v) is 3.20. The molecule has 1 aromatic rings. The Bertz CT molecular complexity index is 737. The maximum atomic E-state index is 14.2. The van der Waals surface area contributed by atoms with E-state index in [-0.39, 0.29) is 29.8 Å². The first kappa shape index (κ1) is 14.6. The summed E-state index contributed by atoms with van der Waals surface area (Å²) < 4.78 is 56.8. The molecule has 0 bridgehead atoms. The number of rotatable bonds is 3. The fraction of sp³-hybridized carbons (Fsp3) is 0.533. The van der Waals surface area contributed by atoms with Gasteiger partial charge in [0.1, 0.15) is 12.0 Å². The second-order valence-corrected chi connectivity index (χ2v) is 6.17. The van der Waals surface area contributed by atoms with Gasteiger partial charge in [-0.3, -0.25) is 4.79 Å². The predicted molar refractivity (Wildman–Crippen MR) is 71.3 cm³/mol. The summed E-state index contributed by atoms with van der Waals surface area (Å²) >= 11 is 0. The van der Waals surface area contributed by atoms with Crippen LogP contribution in [0, 0.1) is 11.8 Å². The highest BCUT2D eigenvalue weighted by atomic mass is 19.2. The van der Waals surface area contributed by atoms with E-state index in [4.69, 9.17) is 0 Å². The number of carbonyl (C=O) groups is 1. The smallest absolute Gasteiger partial charge is 0.217 e. The summed E-state index contributed by atoms with van der Waals surface area (Å²) in [7, 11) is 0. The van der Waals surface area contributed by atoms with E-state index in [2.05, 4.69) is 10.1 Å². The molecule has 1 fully saturated rings. The summed E-state index contributed by atoms with van der Waals surface area (Å²) in [5.41, 5.74) is 0. The molecule has 4 rings (SSSR count). The van der Waals surface area contributed by atoms with Crippen molar-refractivity contribution in [3.8, 4) is 0 Å². The monoisotopic (exact) mass is 327 g/mol. The minimum atomic E-state index is -1.79. The molecule has 1 saturated carbocycles. The van der Waals surface area contributed by atoms with Gasteiger partial charge in [-0.1, -0.05) is 0 Å². The molecule has 23 heavy (non-hydrogen) atoms. The zero-order chi connectivity index (χ0) is 16.3. The van der Waals surface area contributed by atoms with Gasteiger partial charge in [0.15, 0.2) is 17.8 Å². The summed E-state index contributed by atoms with van der Waals surface area (Å²) in [5, 5.41) is 3.97.